The molecule has 5 nitrogen and oxygen atoms in total. The molecule has 138 valence electrons. The summed E-state index contributed by atoms with van der Waals surface area (Å²) in [5.41, 5.74) is 3.41. The highest BCUT2D eigenvalue weighted by Crippen LogP contribution is 2.28. The minimum Gasteiger partial charge on any atom is -0.481 e. The van der Waals surface area contributed by atoms with Gasteiger partial charge in [-0.15, -0.1) is 0 Å². The Morgan fingerprint density at radius 3 is 2.48 bits per heavy atom. The number of nitrogens with zero attached hydrogens (tertiary/aromatic N) is 1. The number of carboxylic acids is 1. The van der Waals surface area contributed by atoms with Crippen molar-refractivity contribution in [2.24, 2.45) is 0 Å². The van der Waals surface area contributed by atoms with Crippen LogP contribution in [0.4, 0.5) is 4.39 Å². The van der Waals surface area contributed by atoms with E-state index in [1.54, 1.807) is 30.3 Å². The molecule has 0 amide bonds. The summed E-state index contributed by atoms with van der Waals surface area (Å²) >= 11 is 0. The highest BCUT2D eigenvalue weighted by atomic mass is 19.1. The molecule has 3 aromatic rings. The maximum absolute atomic E-state index is 13.3. The van der Waals surface area contributed by atoms with Gasteiger partial charge in [0.2, 0.25) is 0 Å². The average Bonchev–Trinajstić information content (AvgIpc) is 3.10. The largest absolute Gasteiger partial charge is 0.481 e. The molecule has 0 radical (unpaired) electrons. The second-order valence-corrected chi connectivity index (χ2v) is 5.99. The van der Waals surface area contributed by atoms with Gasteiger partial charge in [-0.05, 0) is 66.6 Å². The normalized spacial score (nSPS) is 10.6. The Hall–Kier alpha value is -3.41. The number of aryl methyl sites for hydroxylation is 1. The molecular weight excluding hydrogens is 349 g/mol. The molecular formula is C21H18FNO4. The van der Waals surface area contributed by atoms with Crippen LogP contribution >= 0.6 is 0 Å². The molecule has 0 fully saturated rings. The number of ether oxygens (including phenoxy) is 1. The SMILES string of the molecule is COC(=O)c1cccc(-n2c(CCC(=O)O)ccc2-c2ccc(F)cc2)c1. The van der Waals surface area contributed by atoms with E-state index in [4.69, 9.17) is 9.84 Å². The van der Waals surface area contributed by atoms with Crippen LogP contribution in [-0.2, 0) is 16.0 Å². The fraction of sp³-hybridized carbons (Fsp3) is 0.143. The molecule has 0 aliphatic rings. The molecule has 27 heavy (non-hydrogen) atoms. The number of aliphatic carboxylic acids is 1. The lowest BCUT2D eigenvalue weighted by atomic mass is 10.1. The Labute approximate surface area is 155 Å². The Kier molecular flexibility index (Phi) is 5.35. The first-order valence-corrected chi connectivity index (χ1v) is 8.36. The first-order chi connectivity index (χ1) is 13.0. The van der Waals surface area contributed by atoms with Crippen LogP contribution in [0.5, 0.6) is 0 Å². The number of methoxy groups -OCH3 is 1. The second-order valence-electron chi connectivity index (χ2n) is 5.99. The second kappa shape index (κ2) is 7.86. The summed E-state index contributed by atoms with van der Waals surface area (Å²) in [5.74, 6) is -1.69. The van der Waals surface area contributed by atoms with Crippen molar-refractivity contribution in [2.45, 2.75) is 12.8 Å². The molecule has 3 rings (SSSR count). The quantitative estimate of drug-likeness (QED) is 0.667. The van der Waals surface area contributed by atoms with Gasteiger partial charge in [0.15, 0.2) is 0 Å². The molecule has 0 saturated carbocycles. The van der Waals surface area contributed by atoms with E-state index in [1.165, 1.54) is 19.2 Å². The van der Waals surface area contributed by atoms with E-state index in [-0.39, 0.29) is 12.2 Å². The van der Waals surface area contributed by atoms with Crippen molar-refractivity contribution in [3.63, 3.8) is 0 Å². The predicted octanol–water partition coefficient (Wildman–Crippen LogP) is 4.09. The predicted molar refractivity (Wildman–Crippen MR) is 98.5 cm³/mol. The van der Waals surface area contributed by atoms with Crippen LogP contribution in [0.3, 0.4) is 0 Å². The van der Waals surface area contributed by atoms with Crippen molar-refractivity contribution in [3.05, 3.63) is 77.7 Å². The fourth-order valence-electron chi connectivity index (χ4n) is 2.95. The van der Waals surface area contributed by atoms with E-state index in [9.17, 15) is 14.0 Å². The number of carboxylic acid groups (broad SMARTS) is 1. The molecule has 0 spiro atoms. The molecule has 1 heterocycles. The van der Waals surface area contributed by atoms with Gasteiger partial charge in [-0.2, -0.15) is 0 Å². The van der Waals surface area contributed by atoms with Crippen LogP contribution in [0, 0.1) is 5.82 Å². The van der Waals surface area contributed by atoms with Gasteiger partial charge in [-0.3, -0.25) is 4.79 Å². The van der Waals surface area contributed by atoms with Crippen LogP contribution < -0.4 is 0 Å². The zero-order valence-corrected chi connectivity index (χ0v) is 14.7. The highest BCUT2D eigenvalue weighted by Gasteiger charge is 2.15. The summed E-state index contributed by atoms with van der Waals surface area (Å²) in [6.45, 7) is 0. The summed E-state index contributed by atoms with van der Waals surface area (Å²) < 4.78 is 20.0. The molecule has 0 atom stereocenters. The maximum Gasteiger partial charge on any atom is 0.337 e. The number of rotatable bonds is 6. The molecule has 0 unspecified atom stereocenters. The van der Waals surface area contributed by atoms with Crippen molar-refractivity contribution in [2.75, 3.05) is 7.11 Å². The van der Waals surface area contributed by atoms with E-state index in [0.29, 0.717) is 17.7 Å². The Balaban J connectivity index is 2.13. The number of hydrogen-bond acceptors (Lipinski definition) is 3. The van der Waals surface area contributed by atoms with E-state index in [2.05, 4.69) is 0 Å². The summed E-state index contributed by atoms with van der Waals surface area (Å²) in [6.07, 6.45) is 0.294. The van der Waals surface area contributed by atoms with Gasteiger partial charge in [-0.25, -0.2) is 9.18 Å². The number of carbonyl (C=O) groups excluding carboxylic acids is 1. The molecule has 0 saturated heterocycles. The summed E-state index contributed by atoms with van der Waals surface area (Å²) in [6, 6.07) is 16.6. The van der Waals surface area contributed by atoms with Crippen LogP contribution in [0.15, 0.2) is 60.7 Å². The first kappa shape index (κ1) is 18.4. The van der Waals surface area contributed by atoms with Gasteiger partial charge in [0.25, 0.3) is 0 Å². The number of benzene rings is 2. The smallest absolute Gasteiger partial charge is 0.337 e. The molecule has 0 aliphatic carbocycles. The number of carbonyl (C=O) groups is 2. The van der Waals surface area contributed by atoms with Gasteiger partial charge in [0.05, 0.1) is 24.8 Å². The van der Waals surface area contributed by atoms with E-state index in [1.807, 2.05) is 22.8 Å². The minimum absolute atomic E-state index is 0.0242. The van der Waals surface area contributed by atoms with Crippen LogP contribution in [-0.4, -0.2) is 28.7 Å². The van der Waals surface area contributed by atoms with E-state index >= 15 is 0 Å². The van der Waals surface area contributed by atoms with Gasteiger partial charge in [0, 0.05) is 11.4 Å². The van der Waals surface area contributed by atoms with Crippen molar-refractivity contribution >= 4 is 11.9 Å². The van der Waals surface area contributed by atoms with E-state index < -0.39 is 11.9 Å². The lowest BCUT2D eigenvalue weighted by Crippen LogP contribution is -2.07. The van der Waals surface area contributed by atoms with Crippen molar-refractivity contribution in [1.29, 1.82) is 0 Å². The number of esters is 1. The highest BCUT2D eigenvalue weighted by molar-refractivity contribution is 5.90. The van der Waals surface area contributed by atoms with Crippen molar-refractivity contribution < 1.29 is 23.8 Å². The van der Waals surface area contributed by atoms with Crippen molar-refractivity contribution in [3.8, 4) is 16.9 Å². The lowest BCUT2D eigenvalue weighted by Gasteiger charge is -2.15. The zero-order valence-electron chi connectivity index (χ0n) is 14.7. The van der Waals surface area contributed by atoms with Crippen LogP contribution in [0.1, 0.15) is 22.5 Å². The zero-order chi connectivity index (χ0) is 19.4. The first-order valence-electron chi connectivity index (χ1n) is 8.36. The number of halogens is 1. The Bertz CT molecular complexity index is 976. The molecule has 0 aliphatic heterocycles. The van der Waals surface area contributed by atoms with Gasteiger partial charge >= 0.3 is 11.9 Å². The Morgan fingerprint density at radius 1 is 1.07 bits per heavy atom. The maximum atomic E-state index is 13.3. The van der Waals surface area contributed by atoms with Gasteiger partial charge in [0.1, 0.15) is 5.82 Å². The molecule has 2 aromatic carbocycles. The molecule has 1 aromatic heterocycles. The van der Waals surface area contributed by atoms with Crippen LogP contribution in [0.25, 0.3) is 16.9 Å². The lowest BCUT2D eigenvalue weighted by molar-refractivity contribution is -0.136. The minimum atomic E-state index is -0.894. The molecule has 1 N–H and O–H groups in total. The van der Waals surface area contributed by atoms with Crippen LogP contribution in [0.2, 0.25) is 0 Å². The summed E-state index contributed by atoms with van der Waals surface area (Å²) in [5, 5.41) is 9.03. The van der Waals surface area contributed by atoms with E-state index in [0.717, 1.165) is 17.0 Å². The summed E-state index contributed by atoms with van der Waals surface area (Å²) in [4.78, 5) is 22.9. The molecule has 0 bridgehead atoms. The third-order valence-electron chi connectivity index (χ3n) is 4.22. The third-order valence-corrected chi connectivity index (χ3v) is 4.22. The molecule has 6 heteroatoms. The standard InChI is InChI=1S/C21H18FNO4/c1-27-21(26)15-3-2-4-18(13-15)23-17(10-12-20(24)25)9-11-19(23)14-5-7-16(22)8-6-14/h2-9,11,13H,10,12H2,1H3,(H,24,25). The summed E-state index contributed by atoms with van der Waals surface area (Å²) in [7, 11) is 1.31. The van der Waals surface area contributed by atoms with Gasteiger partial charge < -0.3 is 14.4 Å². The van der Waals surface area contributed by atoms with Gasteiger partial charge in [-0.1, -0.05) is 6.07 Å². The average molecular weight is 367 g/mol. The third kappa shape index (κ3) is 4.06. The van der Waals surface area contributed by atoms with Crippen molar-refractivity contribution in [1.82, 2.24) is 4.57 Å². The fourth-order valence-corrected chi connectivity index (χ4v) is 2.95. The number of aromatic nitrogens is 1. The monoisotopic (exact) mass is 367 g/mol. The number of hydrogen-bond donors (Lipinski definition) is 1. The Morgan fingerprint density at radius 2 is 1.81 bits per heavy atom. The topological polar surface area (TPSA) is 68.5 Å².